The third-order valence-corrected chi connectivity index (χ3v) is 5.19. The topological polar surface area (TPSA) is 57.7 Å². The monoisotopic (exact) mass is 449 g/mol. The second-order valence-corrected chi connectivity index (χ2v) is 7.37. The number of halogens is 2. The molecule has 0 radical (unpaired) electrons. The number of methoxy groups -OCH3 is 2. The number of Topliss-reactive ketones (excluding diaryl/α,β-unsaturated/α-hetero) is 1. The largest absolute Gasteiger partial charge is 0.493 e. The first-order valence-corrected chi connectivity index (χ1v) is 10.2. The zero-order valence-corrected chi connectivity index (χ0v) is 18.1. The molecule has 0 aliphatic heterocycles. The third-order valence-electron chi connectivity index (χ3n) is 5.19. The van der Waals surface area contributed by atoms with Crippen molar-refractivity contribution in [3.05, 3.63) is 89.6 Å². The van der Waals surface area contributed by atoms with Gasteiger partial charge in [-0.1, -0.05) is 18.2 Å². The first-order chi connectivity index (χ1) is 16.0. The molecule has 3 aromatic carbocycles. The van der Waals surface area contributed by atoms with Crippen molar-refractivity contribution in [2.24, 2.45) is 0 Å². The number of pyridine rings is 1. The Kier molecular flexibility index (Phi) is 6.49. The van der Waals surface area contributed by atoms with Crippen molar-refractivity contribution in [2.45, 2.75) is 12.8 Å². The molecule has 4 aromatic rings. The summed E-state index contributed by atoms with van der Waals surface area (Å²) in [7, 11) is 3.12. The summed E-state index contributed by atoms with van der Waals surface area (Å²) in [5.74, 6) is 0.557. The molecular formula is C26H21F2NO4. The molecule has 0 aliphatic carbocycles. The summed E-state index contributed by atoms with van der Waals surface area (Å²) >= 11 is 0. The lowest BCUT2D eigenvalue weighted by Crippen LogP contribution is -2.09. The molecular weight excluding hydrogens is 428 g/mol. The van der Waals surface area contributed by atoms with Crippen molar-refractivity contribution < 1.29 is 27.8 Å². The Morgan fingerprint density at radius 1 is 0.848 bits per heavy atom. The van der Waals surface area contributed by atoms with E-state index in [0.29, 0.717) is 28.5 Å². The van der Waals surface area contributed by atoms with E-state index in [1.54, 1.807) is 62.9 Å². The molecule has 0 unspecified atom stereocenters. The van der Waals surface area contributed by atoms with Crippen LogP contribution >= 0.6 is 0 Å². The molecule has 1 aromatic heterocycles. The number of carbonyl (C=O) groups is 1. The first kappa shape index (κ1) is 22.2. The van der Waals surface area contributed by atoms with Crippen LogP contribution in [0.5, 0.6) is 23.0 Å². The maximum atomic E-state index is 13.8. The summed E-state index contributed by atoms with van der Waals surface area (Å²) in [4.78, 5) is 16.7. The second-order valence-electron chi connectivity index (χ2n) is 7.37. The van der Waals surface area contributed by atoms with Crippen LogP contribution in [0.4, 0.5) is 8.78 Å². The number of fused-ring (bicyclic) bond motifs is 1. The molecule has 0 N–H and O–H groups in total. The van der Waals surface area contributed by atoms with Gasteiger partial charge in [-0.05, 0) is 42.0 Å². The van der Waals surface area contributed by atoms with Gasteiger partial charge in [-0.15, -0.1) is 0 Å². The number of benzene rings is 3. The number of hydrogen-bond donors (Lipinski definition) is 0. The normalized spacial score (nSPS) is 10.8. The number of ether oxygens (including phenoxy) is 3. The van der Waals surface area contributed by atoms with Gasteiger partial charge in [0.15, 0.2) is 11.5 Å². The molecule has 33 heavy (non-hydrogen) atoms. The van der Waals surface area contributed by atoms with Crippen molar-refractivity contribution in [1.82, 2.24) is 4.98 Å². The zero-order valence-electron chi connectivity index (χ0n) is 18.1. The third kappa shape index (κ3) is 4.92. The van der Waals surface area contributed by atoms with Gasteiger partial charge in [-0.3, -0.25) is 9.78 Å². The van der Waals surface area contributed by atoms with Crippen LogP contribution < -0.4 is 14.2 Å². The van der Waals surface area contributed by atoms with E-state index < -0.39 is 11.6 Å². The minimum Gasteiger partial charge on any atom is -0.493 e. The van der Waals surface area contributed by atoms with Gasteiger partial charge in [-0.25, -0.2) is 8.78 Å². The van der Waals surface area contributed by atoms with Gasteiger partial charge in [0.1, 0.15) is 28.9 Å². The van der Waals surface area contributed by atoms with Gasteiger partial charge in [0.25, 0.3) is 0 Å². The molecule has 7 heteroatoms. The van der Waals surface area contributed by atoms with E-state index in [-0.39, 0.29) is 24.2 Å². The van der Waals surface area contributed by atoms with Crippen LogP contribution in [0.3, 0.4) is 0 Å². The SMILES string of the molecule is COc1cc2nccc(Oc3ccc(CC(=O)Cc4c(F)cccc4F)cc3)c2cc1OC. The predicted molar refractivity (Wildman–Crippen MR) is 120 cm³/mol. The van der Waals surface area contributed by atoms with Crippen LogP contribution in [0.25, 0.3) is 10.9 Å². The number of nitrogens with zero attached hydrogens (tertiary/aromatic N) is 1. The van der Waals surface area contributed by atoms with E-state index in [2.05, 4.69) is 4.98 Å². The molecule has 0 bridgehead atoms. The molecule has 0 saturated carbocycles. The highest BCUT2D eigenvalue weighted by atomic mass is 19.1. The number of aromatic nitrogens is 1. The smallest absolute Gasteiger partial charge is 0.162 e. The summed E-state index contributed by atoms with van der Waals surface area (Å²) in [6.45, 7) is 0. The van der Waals surface area contributed by atoms with Gasteiger partial charge in [0.05, 0.1) is 19.7 Å². The highest BCUT2D eigenvalue weighted by Crippen LogP contribution is 2.36. The maximum absolute atomic E-state index is 13.8. The molecule has 0 fully saturated rings. The number of ketones is 1. The van der Waals surface area contributed by atoms with Gasteiger partial charge >= 0.3 is 0 Å². The average Bonchev–Trinajstić information content (AvgIpc) is 2.82. The molecule has 4 rings (SSSR count). The van der Waals surface area contributed by atoms with Crippen molar-refractivity contribution in [3.63, 3.8) is 0 Å². The van der Waals surface area contributed by atoms with E-state index in [1.165, 1.54) is 6.07 Å². The summed E-state index contributed by atoms with van der Waals surface area (Å²) in [5, 5.41) is 0.751. The minimum absolute atomic E-state index is 0.0588. The first-order valence-electron chi connectivity index (χ1n) is 10.2. The summed E-state index contributed by atoms with van der Waals surface area (Å²) < 4.78 is 44.3. The molecule has 1 heterocycles. The van der Waals surface area contributed by atoms with Crippen LogP contribution in [0, 0.1) is 11.6 Å². The van der Waals surface area contributed by atoms with Crippen molar-refractivity contribution >= 4 is 16.7 Å². The van der Waals surface area contributed by atoms with Crippen LogP contribution in [0.1, 0.15) is 11.1 Å². The fourth-order valence-electron chi connectivity index (χ4n) is 3.53. The van der Waals surface area contributed by atoms with Crippen LogP contribution in [0.2, 0.25) is 0 Å². The quantitative estimate of drug-likeness (QED) is 0.347. The fourth-order valence-corrected chi connectivity index (χ4v) is 3.53. The Bertz CT molecular complexity index is 1290. The Balaban J connectivity index is 1.49. The van der Waals surface area contributed by atoms with E-state index in [0.717, 1.165) is 23.1 Å². The Morgan fingerprint density at radius 3 is 2.18 bits per heavy atom. The average molecular weight is 449 g/mol. The lowest BCUT2D eigenvalue weighted by Gasteiger charge is -2.12. The maximum Gasteiger partial charge on any atom is 0.162 e. The molecule has 168 valence electrons. The molecule has 0 spiro atoms. The fraction of sp³-hybridized carbons (Fsp3) is 0.154. The molecule has 0 atom stereocenters. The molecule has 5 nitrogen and oxygen atoms in total. The van der Waals surface area contributed by atoms with Gasteiger partial charge < -0.3 is 14.2 Å². The van der Waals surface area contributed by atoms with Crippen molar-refractivity contribution in [3.8, 4) is 23.0 Å². The molecule has 0 saturated heterocycles. The summed E-state index contributed by atoms with van der Waals surface area (Å²) in [6.07, 6.45) is 1.40. The number of hydrogen-bond acceptors (Lipinski definition) is 5. The van der Waals surface area contributed by atoms with Crippen molar-refractivity contribution in [1.29, 1.82) is 0 Å². The van der Waals surface area contributed by atoms with Gasteiger partial charge in [0.2, 0.25) is 0 Å². The molecule has 0 aliphatic rings. The van der Waals surface area contributed by atoms with Gasteiger partial charge in [0, 0.05) is 36.1 Å². The van der Waals surface area contributed by atoms with E-state index in [4.69, 9.17) is 14.2 Å². The highest BCUT2D eigenvalue weighted by Gasteiger charge is 2.14. The Morgan fingerprint density at radius 2 is 1.52 bits per heavy atom. The number of rotatable bonds is 8. The summed E-state index contributed by atoms with van der Waals surface area (Å²) in [6, 6.07) is 15.8. The van der Waals surface area contributed by atoms with E-state index in [1.807, 2.05) is 0 Å². The lowest BCUT2D eigenvalue weighted by atomic mass is 10.0. The Labute approximate surface area is 189 Å². The van der Waals surface area contributed by atoms with Crippen LogP contribution in [-0.4, -0.2) is 25.0 Å². The minimum atomic E-state index is -0.717. The van der Waals surface area contributed by atoms with E-state index in [9.17, 15) is 13.6 Å². The standard InChI is InChI=1S/C26H21F2NO4/c1-31-25-14-20-23(15-26(25)32-2)29-11-10-24(20)33-18-8-6-16(7-9-18)12-17(30)13-19-21(27)4-3-5-22(19)28/h3-11,14-15H,12-13H2,1-2H3. The van der Waals surface area contributed by atoms with E-state index >= 15 is 0 Å². The van der Waals surface area contributed by atoms with Crippen LogP contribution in [-0.2, 0) is 17.6 Å². The lowest BCUT2D eigenvalue weighted by molar-refractivity contribution is -0.117. The van der Waals surface area contributed by atoms with Crippen molar-refractivity contribution in [2.75, 3.05) is 14.2 Å². The van der Waals surface area contributed by atoms with Gasteiger partial charge in [-0.2, -0.15) is 0 Å². The van der Waals surface area contributed by atoms with Crippen LogP contribution in [0.15, 0.2) is 66.9 Å². The molecule has 0 amide bonds. The predicted octanol–water partition coefficient (Wildman–Crippen LogP) is 5.68. The highest BCUT2D eigenvalue weighted by molar-refractivity contribution is 5.88. The number of carbonyl (C=O) groups excluding carboxylic acids is 1. The Hall–Kier alpha value is -4.00. The second kappa shape index (κ2) is 9.65. The summed E-state index contributed by atoms with van der Waals surface area (Å²) in [5.41, 5.74) is 1.20. The zero-order chi connectivity index (χ0) is 23.4.